The van der Waals surface area contributed by atoms with Gasteiger partial charge in [-0.3, -0.25) is 0 Å². The topological polar surface area (TPSA) is 46.5 Å². The molecule has 0 aromatic rings. The van der Waals surface area contributed by atoms with E-state index in [9.17, 15) is 4.79 Å². The van der Waals surface area contributed by atoms with Crippen LogP contribution in [0.5, 0.6) is 0 Å². The Bertz CT molecular complexity index is 185. The van der Waals surface area contributed by atoms with Crippen molar-refractivity contribution in [1.82, 2.24) is 0 Å². The van der Waals surface area contributed by atoms with E-state index < -0.39 is 12.1 Å². The van der Waals surface area contributed by atoms with Crippen molar-refractivity contribution in [2.75, 3.05) is 6.61 Å². The molecular formula is C12H22O3. The Balaban J connectivity index is 2.22. The summed E-state index contributed by atoms with van der Waals surface area (Å²) >= 11 is 0. The van der Waals surface area contributed by atoms with Gasteiger partial charge in [0.1, 0.15) is 0 Å². The number of hydrogen-bond donors (Lipinski definition) is 1. The van der Waals surface area contributed by atoms with Gasteiger partial charge in [0.15, 0.2) is 6.10 Å². The lowest BCUT2D eigenvalue weighted by Gasteiger charge is -2.23. The molecule has 88 valence electrons. The van der Waals surface area contributed by atoms with Crippen molar-refractivity contribution in [1.29, 1.82) is 0 Å². The van der Waals surface area contributed by atoms with Crippen LogP contribution in [0, 0.1) is 5.92 Å². The Labute approximate surface area is 91.8 Å². The zero-order valence-corrected chi connectivity index (χ0v) is 9.58. The minimum Gasteiger partial charge on any atom is -0.479 e. The van der Waals surface area contributed by atoms with Crippen LogP contribution in [0.25, 0.3) is 0 Å². The zero-order chi connectivity index (χ0) is 11.1. The third kappa shape index (κ3) is 4.65. The Kier molecular flexibility index (Phi) is 5.69. The van der Waals surface area contributed by atoms with Gasteiger partial charge in [-0.1, -0.05) is 32.6 Å². The number of carboxylic acid groups (broad SMARTS) is 1. The molecule has 1 aliphatic rings. The second-order valence-corrected chi connectivity index (χ2v) is 4.45. The molecule has 15 heavy (non-hydrogen) atoms. The number of ether oxygens (including phenoxy) is 1. The van der Waals surface area contributed by atoms with Gasteiger partial charge >= 0.3 is 5.97 Å². The van der Waals surface area contributed by atoms with E-state index in [1.807, 2.05) is 6.92 Å². The Hall–Kier alpha value is -0.570. The highest BCUT2D eigenvalue weighted by molar-refractivity contribution is 5.72. The van der Waals surface area contributed by atoms with Crippen LogP contribution in [0.4, 0.5) is 0 Å². The maximum atomic E-state index is 10.8. The van der Waals surface area contributed by atoms with Gasteiger partial charge in [-0.25, -0.2) is 4.79 Å². The van der Waals surface area contributed by atoms with Gasteiger partial charge in [0.2, 0.25) is 0 Å². The lowest BCUT2D eigenvalue weighted by molar-refractivity contribution is -0.152. The van der Waals surface area contributed by atoms with Gasteiger partial charge in [0.25, 0.3) is 0 Å². The van der Waals surface area contributed by atoms with Crippen LogP contribution in [0.3, 0.4) is 0 Å². The van der Waals surface area contributed by atoms with E-state index in [1.54, 1.807) is 0 Å². The van der Waals surface area contributed by atoms with Crippen molar-refractivity contribution in [3.05, 3.63) is 0 Å². The zero-order valence-electron chi connectivity index (χ0n) is 9.58. The molecule has 1 N–H and O–H groups in total. The quantitative estimate of drug-likeness (QED) is 0.739. The van der Waals surface area contributed by atoms with Crippen LogP contribution in [-0.2, 0) is 9.53 Å². The largest absolute Gasteiger partial charge is 0.479 e. The van der Waals surface area contributed by atoms with E-state index in [1.165, 1.54) is 32.1 Å². The van der Waals surface area contributed by atoms with Gasteiger partial charge in [-0.05, 0) is 25.2 Å². The molecule has 1 rings (SSSR count). The van der Waals surface area contributed by atoms with E-state index in [0.717, 1.165) is 6.42 Å². The van der Waals surface area contributed by atoms with Gasteiger partial charge in [0, 0.05) is 0 Å². The highest BCUT2D eigenvalue weighted by Gasteiger charge is 2.20. The normalized spacial score (nSPS) is 20.1. The molecule has 0 radical (unpaired) electrons. The molecule has 0 amide bonds. The maximum absolute atomic E-state index is 10.8. The van der Waals surface area contributed by atoms with Crippen LogP contribution in [-0.4, -0.2) is 23.8 Å². The fraction of sp³-hybridized carbons (Fsp3) is 0.917. The monoisotopic (exact) mass is 214 g/mol. The average Bonchev–Trinajstić information content (AvgIpc) is 2.25. The summed E-state index contributed by atoms with van der Waals surface area (Å²) in [4.78, 5) is 10.8. The van der Waals surface area contributed by atoms with Crippen molar-refractivity contribution in [3.8, 4) is 0 Å². The predicted molar refractivity (Wildman–Crippen MR) is 58.9 cm³/mol. The standard InChI is InChI=1S/C12H22O3/c1-2-6-11(12(13)14)15-9-10-7-4-3-5-8-10/h10-11H,2-9H2,1H3,(H,13,14). The fourth-order valence-corrected chi connectivity index (χ4v) is 2.15. The first-order valence-electron chi connectivity index (χ1n) is 6.08. The first kappa shape index (κ1) is 12.5. The number of carboxylic acids is 1. The molecule has 0 aliphatic heterocycles. The molecule has 1 aliphatic carbocycles. The summed E-state index contributed by atoms with van der Waals surface area (Å²) in [6, 6.07) is 0. The highest BCUT2D eigenvalue weighted by Crippen LogP contribution is 2.24. The molecule has 0 aromatic carbocycles. The lowest BCUT2D eigenvalue weighted by Crippen LogP contribution is -2.27. The van der Waals surface area contributed by atoms with Gasteiger partial charge in [0.05, 0.1) is 6.61 Å². The van der Waals surface area contributed by atoms with Crippen LogP contribution >= 0.6 is 0 Å². The molecule has 0 heterocycles. The third-order valence-corrected chi connectivity index (χ3v) is 3.08. The minimum atomic E-state index is -0.812. The van der Waals surface area contributed by atoms with Gasteiger partial charge < -0.3 is 9.84 Å². The lowest BCUT2D eigenvalue weighted by atomic mass is 9.90. The number of hydrogen-bond acceptors (Lipinski definition) is 2. The van der Waals surface area contributed by atoms with Gasteiger partial charge in [-0.2, -0.15) is 0 Å². The van der Waals surface area contributed by atoms with E-state index in [4.69, 9.17) is 9.84 Å². The van der Waals surface area contributed by atoms with Crippen molar-refractivity contribution >= 4 is 5.97 Å². The Morgan fingerprint density at radius 2 is 2.07 bits per heavy atom. The van der Waals surface area contributed by atoms with Crippen molar-refractivity contribution in [2.45, 2.75) is 58.0 Å². The van der Waals surface area contributed by atoms with Crippen molar-refractivity contribution < 1.29 is 14.6 Å². The van der Waals surface area contributed by atoms with E-state index in [-0.39, 0.29) is 0 Å². The summed E-state index contributed by atoms with van der Waals surface area (Å²) in [7, 11) is 0. The van der Waals surface area contributed by atoms with Gasteiger partial charge in [-0.15, -0.1) is 0 Å². The molecule has 3 nitrogen and oxygen atoms in total. The Morgan fingerprint density at radius 1 is 1.40 bits per heavy atom. The molecule has 0 saturated heterocycles. The number of carbonyl (C=O) groups is 1. The number of rotatable bonds is 6. The molecule has 1 saturated carbocycles. The predicted octanol–water partition coefficient (Wildman–Crippen LogP) is 2.84. The molecule has 1 unspecified atom stereocenters. The summed E-state index contributed by atoms with van der Waals surface area (Å²) in [5.74, 6) is -0.217. The summed E-state index contributed by atoms with van der Waals surface area (Å²) in [6.45, 7) is 2.62. The molecule has 0 bridgehead atoms. The summed E-state index contributed by atoms with van der Waals surface area (Å²) < 4.78 is 5.48. The first-order valence-corrected chi connectivity index (χ1v) is 6.08. The van der Waals surface area contributed by atoms with E-state index in [2.05, 4.69) is 0 Å². The summed E-state index contributed by atoms with van der Waals surface area (Å²) in [5.41, 5.74) is 0. The Morgan fingerprint density at radius 3 is 2.60 bits per heavy atom. The second kappa shape index (κ2) is 6.83. The van der Waals surface area contributed by atoms with Crippen LogP contribution in [0.1, 0.15) is 51.9 Å². The van der Waals surface area contributed by atoms with Crippen LogP contribution in [0.2, 0.25) is 0 Å². The molecule has 3 heteroatoms. The SMILES string of the molecule is CCCC(OCC1CCCCC1)C(=O)O. The smallest absolute Gasteiger partial charge is 0.332 e. The third-order valence-electron chi connectivity index (χ3n) is 3.08. The van der Waals surface area contributed by atoms with Crippen LogP contribution < -0.4 is 0 Å². The number of aliphatic carboxylic acids is 1. The molecular weight excluding hydrogens is 192 g/mol. The molecule has 1 atom stereocenters. The maximum Gasteiger partial charge on any atom is 0.332 e. The summed E-state index contributed by atoms with van der Waals surface area (Å²) in [5, 5.41) is 8.91. The van der Waals surface area contributed by atoms with E-state index in [0.29, 0.717) is 18.9 Å². The van der Waals surface area contributed by atoms with Crippen molar-refractivity contribution in [2.24, 2.45) is 5.92 Å². The minimum absolute atomic E-state index is 0.586. The van der Waals surface area contributed by atoms with Crippen LogP contribution in [0.15, 0.2) is 0 Å². The first-order chi connectivity index (χ1) is 7.24. The second-order valence-electron chi connectivity index (χ2n) is 4.45. The summed E-state index contributed by atoms with van der Waals surface area (Å²) in [6.07, 6.45) is 7.20. The highest BCUT2D eigenvalue weighted by atomic mass is 16.5. The van der Waals surface area contributed by atoms with E-state index >= 15 is 0 Å². The average molecular weight is 214 g/mol. The molecule has 0 spiro atoms. The fourth-order valence-electron chi connectivity index (χ4n) is 2.15. The molecule has 0 aromatic heterocycles. The molecule has 1 fully saturated rings. The van der Waals surface area contributed by atoms with Crippen molar-refractivity contribution in [3.63, 3.8) is 0 Å².